The lowest BCUT2D eigenvalue weighted by molar-refractivity contribution is -0.167. The third kappa shape index (κ3) is 48.9. The van der Waals surface area contributed by atoms with E-state index in [9.17, 15) is 14.4 Å². The first-order chi connectivity index (χ1) is 30.5. The van der Waals surface area contributed by atoms with E-state index in [1.807, 2.05) is 0 Å². The number of rotatable bonds is 50. The number of hydrogen-bond donors (Lipinski definition) is 0. The highest BCUT2D eigenvalue weighted by molar-refractivity contribution is 5.71. The van der Waals surface area contributed by atoms with Crippen LogP contribution in [0.4, 0.5) is 0 Å². The van der Waals surface area contributed by atoms with E-state index in [1.54, 1.807) is 0 Å². The van der Waals surface area contributed by atoms with Crippen LogP contribution in [0.15, 0.2) is 24.3 Å². The highest BCUT2D eigenvalue weighted by Crippen LogP contribution is 2.16. The number of carbonyl (C=O) groups is 3. The molecule has 0 aliphatic carbocycles. The van der Waals surface area contributed by atoms with Crippen molar-refractivity contribution in [3.05, 3.63) is 24.3 Å². The van der Waals surface area contributed by atoms with E-state index in [-0.39, 0.29) is 31.1 Å². The minimum atomic E-state index is -0.776. The van der Waals surface area contributed by atoms with Crippen LogP contribution in [0.1, 0.15) is 297 Å². The molecule has 0 saturated carbocycles. The van der Waals surface area contributed by atoms with Crippen LogP contribution in [0.2, 0.25) is 0 Å². The van der Waals surface area contributed by atoms with Gasteiger partial charge in [-0.2, -0.15) is 0 Å². The molecule has 0 aromatic heterocycles. The van der Waals surface area contributed by atoms with Gasteiger partial charge in [0.1, 0.15) is 13.2 Å². The van der Waals surface area contributed by atoms with E-state index in [0.29, 0.717) is 19.3 Å². The van der Waals surface area contributed by atoms with Gasteiger partial charge in [-0.1, -0.05) is 231 Å². The zero-order valence-corrected chi connectivity index (χ0v) is 41.7. The normalized spacial score (nSPS) is 12.1. The van der Waals surface area contributed by atoms with E-state index in [4.69, 9.17) is 14.2 Å². The predicted octanol–water partition coefficient (Wildman–Crippen LogP) is 17.9. The lowest BCUT2D eigenvalue weighted by atomic mass is 10.0. The number of unbranched alkanes of at least 4 members (excludes halogenated alkanes) is 35. The predicted molar refractivity (Wildman–Crippen MR) is 266 cm³/mol. The Morgan fingerprint density at radius 3 is 0.823 bits per heavy atom. The van der Waals surface area contributed by atoms with Gasteiger partial charge in [0.15, 0.2) is 6.10 Å². The second kappa shape index (κ2) is 51.5. The molecule has 6 nitrogen and oxygen atoms in total. The Kier molecular flexibility index (Phi) is 49.8. The molecule has 0 saturated heterocycles. The van der Waals surface area contributed by atoms with Crippen molar-refractivity contribution in [1.82, 2.24) is 0 Å². The first-order valence-corrected chi connectivity index (χ1v) is 27.3. The van der Waals surface area contributed by atoms with Crippen molar-refractivity contribution in [2.75, 3.05) is 13.2 Å². The molecule has 0 spiro atoms. The maximum atomic E-state index is 12.8. The third-order valence-corrected chi connectivity index (χ3v) is 12.2. The first-order valence-electron chi connectivity index (χ1n) is 27.3. The van der Waals surface area contributed by atoms with E-state index in [0.717, 1.165) is 70.6 Å². The summed E-state index contributed by atoms with van der Waals surface area (Å²) in [5, 5.41) is 0. The van der Waals surface area contributed by atoms with Gasteiger partial charge < -0.3 is 14.2 Å². The Morgan fingerprint density at radius 2 is 0.532 bits per heavy atom. The number of carbonyl (C=O) groups excluding carboxylic acids is 3. The molecule has 0 amide bonds. The smallest absolute Gasteiger partial charge is 0.306 e. The fourth-order valence-electron chi connectivity index (χ4n) is 8.02. The summed E-state index contributed by atoms with van der Waals surface area (Å²) >= 11 is 0. The van der Waals surface area contributed by atoms with Crippen molar-refractivity contribution in [3.63, 3.8) is 0 Å². The number of hydrogen-bond acceptors (Lipinski definition) is 6. The third-order valence-electron chi connectivity index (χ3n) is 12.2. The number of ether oxygens (including phenoxy) is 3. The van der Waals surface area contributed by atoms with Crippen molar-refractivity contribution >= 4 is 17.9 Å². The van der Waals surface area contributed by atoms with E-state index < -0.39 is 6.10 Å². The molecule has 62 heavy (non-hydrogen) atoms. The molecule has 364 valence electrons. The lowest BCUT2D eigenvalue weighted by Crippen LogP contribution is -2.30. The fraction of sp³-hybridized carbons (Fsp3) is 0.875. The average molecular weight is 873 g/mol. The fourth-order valence-corrected chi connectivity index (χ4v) is 8.02. The van der Waals surface area contributed by atoms with Crippen LogP contribution in [-0.2, 0) is 28.6 Å². The van der Waals surface area contributed by atoms with Crippen LogP contribution in [0, 0.1) is 0 Å². The SMILES string of the molecule is CCCCCCCC/C=C\CCCCCCCCCC(=O)OCC(COC(=O)CCCCCCCCCCCCCCC)OC(=O)CCCCC/C=C\CCCCCCCCC. The molecule has 0 rings (SSSR count). The molecule has 0 aromatic rings. The summed E-state index contributed by atoms with van der Waals surface area (Å²) < 4.78 is 16.8. The minimum absolute atomic E-state index is 0.0747. The zero-order chi connectivity index (χ0) is 45.1. The zero-order valence-electron chi connectivity index (χ0n) is 41.7. The highest BCUT2D eigenvalue weighted by Gasteiger charge is 2.19. The molecular weight excluding hydrogens is 769 g/mol. The quantitative estimate of drug-likeness (QED) is 0.0262. The van der Waals surface area contributed by atoms with E-state index in [2.05, 4.69) is 45.1 Å². The maximum absolute atomic E-state index is 12.8. The van der Waals surface area contributed by atoms with Crippen LogP contribution in [0.25, 0.3) is 0 Å². The molecule has 1 unspecified atom stereocenters. The van der Waals surface area contributed by atoms with Crippen LogP contribution in [-0.4, -0.2) is 37.2 Å². The molecular formula is C56H104O6. The average Bonchev–Trinajstić information content (AvgIpc) is 3.27. The second-order valence-corrected chi connectivity index (χ2v) is 18.5. The standard InChI is InChI=1S/C56H104O6/c1-4-7-10-13-16-19-22-25-27-28-29-32-34-37-40-43-46-49-55(58)61-52-53(51-60-54(57)48-45-42-39-36-33-30-24-21-18-15-12-9-6-3)62-56(59)50-47-44-41-38-35-31-26-23-20-17-14-11-8-5-2/h25,27,31,35,53H,4-24,26,28-30,32-34,36-52H2,1-3H3/b27-25-,35-31-. The van der Waals surface area contributed by atoms with Crippen molar-refractivity contribution in [3.8, 4) is 0 Å². The first kappa shape index (κ1) is 59.9. The summed E-state index contributed by atoms with van der Waals surface area (Å²) in [5.41, 5.74) is 0. The molecule has 0 N–H and O–H groups in total. The van der Waals surface area contributed by atoms with Crippen molar-refractivity contribution < 1.29 is 28.6 Å². The minimum Gasteiger partial charge on any atom is -0.462 e. The highest BCUT2D eigenvalue weighted by atomic mass is 16.6. The molecule has 0 bridgehead atoms. The Morgan fingerprint density at radius 1 is 0.306 bits per heavy atom. The summed E-state index contributed by atoms with van der Waals surface area (Å²) in [7, 11) is 0. The van der Waals surface area contributed by atoms with E-state index in [1.165, 1.54) is 186 Å². The van der Waals surface area contributed by atoms with Crippen molar-refractivity contribution in [2.24, 2.45) is 0 Å². The Hall–Kier alpha value is -2.11. The molecule has 0 aromatic carbocycles. The molecule has 1 atom stereocenters. The Labute approximate surface area is 385 Å². The van der Waals surface area contributed by atoms with Crippen molar-refractivity contribution in [2.45, 2.75) is 303 Å². The van der Waals surface area contributed by atoms with Gasteiger partial charge >= 0.3 is 17.9 Å². The maximum Gasteiger partial charge on any atom is 0.306 e. The molecule has 0 heterocycles. The summed E-state index contributed by atoms with van der Waals surface area (Å²) in [6.45, 7) is 6.65. The Balaban J connectivity index is 4.35. The molecule has 0 radical (unpaired) electrons. The van der Waals surface area contributed by atoms with E-state index >= 15 is 0 Å². The van der Waals surface area contributed by atoms with Crippen LogP contribution >= 0.6 is 0 Å². The topological polar surface area (TPSA) is 78.9 Å². The monoisotopic (exact) mass is 873 g/mol. The van der Waals surface area contributed by atoms with Crippen LogP contribution < -0.4 is 0 Å². The molecule has 6 heteroatoms. The lowest BCUT2D eigenvalue weighted by Gasteiger charge is -2.18. The molecule has 0 aliphatic rings. The van der Waals surface area contributed by atoms with Gasteiger partial charge in [-0.25, -0.2) is 0 Å². The van der Waals surface area contributed by atoms with Gasteiger partial charge in [0.05, 0.1) is 0 Å². The van der Waals surface area contributed by atoms with Gasteiger partial charge in [-0.15, -0.1) is 0 Å². The summed E-state index contributed by atoms with van der Waals surface area (Å²) in [4.78, 5) is 38.0. The second-order valence-electron chi connectivity index (χ2n) is 18.5. The summed E-state index contributed by atoms with van der Waals surface area (Å²) in [6, 6.07) is 0. The largest absolute Gasteiger partial charge is 0.462 e. The number of allylic oxidation sites excluding steroid dienone is 4. The van der Waals surface area contributed by atoms with Gasteiger partial charge in [0.2, 0.25) is 0 Å². The van der Waals surface area contributed by atoms with Gasteiger partial charge in [-0.05, 0) is 70.6 Å². The van der Waals surface area contributed by atoms with Crippen LogP contribution in [0.3, 0.4) is 0 Å². The van der Waals surface area contributed by atoms with Crippen LogP contribution in [0.5, 0.6) is 0 Å². The van der Waals surface area contributed by atoms with Crippen molar-refractivity contribution in [1.29, 1.82) is 0 Å². The summed E-state index contributed by atoms with van der Waals surface area (Å²) in [6.07, 6.45) is 58.7. The number of esters is 3. The molecule has 0 aliphatic heterocycles. The van der Waals surface area contributed by atoms with Gasteiger partial charge in [0, 0.05) is 19.3 Å². The Bertz CT molecular complexity index is 1000. The molecule has 0 fully saturated rings. The summed E-state index contributed by atoms with van der Waals surface area (Å²) in [5.74, 6) is -0.880. The van der Waals surface area contributed by atoms with Gasteiger partial charge in [-0.3, -0.25) is 14.4 Å². The van der Waals surface area contributed by atoms with Gasteiger partial charge in [0.25, 0.3) is 0 Å².